The summed E-state index contributed by atoms with van der Waals surface area (Å²) in [4.78, 5) is 21.1. The van der Waals surface area contributed by atoms with E-state index in [1.54, 1.807) is 37.6 Å². The van der Waals surface area contributed by atoms with Crippen molar-refractivity contribution in [1.82, 2.24) is 15.2 Å². The van der Waals surface area contributed by atoms with E-state index in [1.165, 1.54) is 0 Å². The molecule has 0 saturated carbocycles. The average molecular weight is 550 g/mol. The second kappa shape index (κ2) is 12.5. The van der Waals surface area contributed by atoms with Crippen molar-refractivity contribution in [3.63, 3.8) is 0 Å². The predicted molar refractivity (Wildman–Crippen MR) is 145 cm³/mol. The predicted octanol–water partition coefficient (Wildman–Crippen LogP) is 6.02. The lowest BCUT2D eigenvalue weighted by molar-refractivity contribution is 0.197. The number of methoxy groups -OCH3 is 1. The number of nitrogens with zero attached hydrogens (tertiary/aromatic N) is 3. The van der Waals surface area contributed by atoms with Crippen molar-refractivity contribution in [2.45, 2.75) is 6.42 Å². The molecule has 0 radical (unpaired) electrons. The Morgan fingerprint density at radius 2 is 1.75 bits per heavy atom. The van der Waals surface area contributed by atoms with E-state index in [9.17, 15) is 4.79 Å². The van der Waals surface area contributed by atoms with Crippen LogP contribution in [0.3, 0.4) is 0 Å². The zero-order chi connectivity index (χ0) is 25.5. The standard InChI is InChI=1S/C26H27Cl3N4O3/c1-35-23-6-3-2-5-22(23)33-13-11-32(12-14-33)10-4-9-30-26(34)36-24-8-7-18(17-31-24)25-20(28)15-19(27)16-21(25)29/h2-3,5-8,15-17H,4,9-14H2,1H3,(H,30,34). The molecule has 0 atom stereocenters. The number of rotatable bonds is 8. The summed E-state index contributed by atoms with van der Waals surface area (Å²) in [7, 11) is 1.70. The zero-order valence-corrected chi connectivity index (χ0v) is 22.1. The van der Waals surface area contributed by atoms with E-state index in [0.717, 1.165) is 50.6 Å². The minimum Gasteiger partial charge on any atom is -0.495 e. The summed E-state index contributed by atoms with van der Waals surface area (Å²) in [6, 6.07) is 14.7. The molecule has 2 heterocycles. The van der Waals surface area contributed by atoms with Gasteiger partial charge in [0.2, 0.25) is 5.88 Å². The van der Waals surface area contributed by atoms with Crippen LogP contribution < -0.4 is 19.7 Å². The highest BCUT2D eigenvalue weighted by atomic mass is 35.5. The number of hydrogen-bond donors (Lipinski definition) is 1. The minimum atomic E-state index is -0.543. The number of aromatic nitrogens is 1. The lowest BCUT2D eigenvalue weighted by Gasteiger charge is -2.36. The number of hydrogen-bond acceptors (Lipinski definition) is 6. The Kier molecular flexibility index (Phi) is 9.15. The van der Waals surface area contributed by atoms with E-state index in [0.29, 0.717) is 32.7 Å². The number of pyridine rings is 1. The van der Waals surface area contributed by atoms with Gasteiger partial charge < -0.3 is 19.7 Å². The summed E-state index contributed by atoms with van der Waals surface area (Å²) < 4.78 is 10.8. The second-order valence-electron chi connectivity index (χ2n) is 8.30. The fourth-order valence-corrected chi connectivity index (χ4v) is 5.17. The Morgan fingerprint density at radius 1 is 1.03 bits per heavy atom. The van der Waals surface area contributed by atoms with Gasteiger partial charge >= 0.3 is 6.09 Å². The quantitative estimate of drug-likeness (QED) is 0.347. The second-order valence-corrected chi connectivity index (χ2v) is 9.55. The molecule has 1 amide bonds. The molecule has 1 N–H and O–H groups in total. The summed E-state index contributed by atoms with van der Waals surface area (Å²) in [6.45, 7) is 5.20. The van der Waals surface area contributed by atoms with E-state index >= 15 is 0 Å². The number of nitrogens with one attached hydrogen (secondary N) is 1. The lowest BCUT2D eigenvalue weighted by atomic mass is 10.1. The Balaban J connectivity index is 1.18. The van der Waals surface area contributed by atoms with Gasteiger partial charge in [-0.05, 0) is 43.3 Å². The zero-order valence-electron chi connectivity index (χ0n) is 19.8. The summed E-state index contributed by atoms with van der Waals surface area (Å²) in [5.41, 5.74) is 2.44. The van der Waals surface area contributed by atoms with Crippen molar-refractivity contribution in [2.24, 2.45) is 0 Å². The van der Waals surface area contributed by atoms with Crippen LogP contribution >= 0.6 is 34.8 Å². The first-order valence-corrected chi connectivity index (χ1v) is 12.7. The molecule has 1 aromatic heterocycles. The SMILES string of the molecule is COc1ccccc1N1CCN(CCCNC(=O)Oc2ccc(-c3c(Cl)cc(Cl)cc3Cl)cn2)CC1. The Morgan fingerprint density at radius 3 is 2.42 bits per heavy atom. The third-order valence-electron chi connectivity index (χ3n) is 5.95. The number of ether oxygens (including phenoxy) is 2. The molecule has 3 aromatic rings. The Labute approximate surface area is 225 Å². The first-order valence-electron chi connectivity index (χ1n) is 11.6. The number of amides is 1. The van der Waals surface area contributed by atoms with Crippen LogP contribution in [0.4, 0.5) is 10.5 Å². The fourth-order valence-electron chi connectivity index (χ4n) is 4.13. The number of carbonyl (C=O) groups is 1. The molecule has 0 unspecified atom stereocenters. The van der Waals surface area contributed by atoms with Gasteiger partial charge in [0.25, 0.3) is 0 Å². The van der Waals surface area contributed by atoms with Gasteiger partial charge in [-0.2, -0.15) is 0 Å². The fraction of sp³-hybridized carbons (Fsp3) is 0.308. The number of benzene rings is 2. The number of anilines is 1. The molecule has 1 saturated heterocycles. The molecule has 7 nitrogen and oxygen atoms in total. The maximum absolute atomic E-state index is 12.2. The highest BCUT2D eigenvalue weighted by molar-refractivity contribution is 6.41. The monoisotopic (exact) mass is 548 g/mol. The number of piperazine rings is 1. The van der Waals surface area contributed by atoms with E-state index in [1.807, 2.05) is 18.2 Å². The van der Waals surface area contributed by atoms with Crippen LogP contribution in [0.1, 0.15) is 6.42 Å². The van der Waals surface area contributed by atoms with Crippen molar-refractivity contribution >= 4 is 46.6 Å². The molecular weight excluding hydrogens is 523 g/mol. The highest BCUT2D eigenvalue weighted by Gasteiger charge is 2.19. The van der Waals surface area contributed by atoms with Crippen LogP contribution in [0.15, 0.2) is 54.7 Å². The normalized spacial score (nSPS) is 13.9. The summed E-state index contributed by atoms with van der Waals surface area (Å²) in [5, 5.41) is 4.07. The Hall–Kier alpha value is -2.71. The van der Waals surface area contributed by atoms with Crippen LogP contribution in [-0.2, 0) is 0 Å². The molecule has 1 fully saturated rings. The first-order chi connectivity index (χ1) is 17.4. The van der Waals surface area contributed by atoms with Crippen LogP contribution in [0.25, 0.3) is 11.1 Å². The van der Waals surface area contributed by atoms with E-state index in [4.69, 9.17) is 44.3 Å². The van der Waals surface area contributed by atoms with Crippen molar-refractivity contribution in [1.29, 1.82) is 0 Å². The van der Waals surface area contributed by atoms with Gasteiger partial charge in [-0.3, -0.25) is 4.90 Å². The smallest absolute Gasteiger partial charge is 0.413 e. The molecule has 2 aromatic carbocycles. The maximum Gasteiger partial charge on any atom is 0.413 e. The number of carbonyl (C=O) groups excluding carboxylic acids is 1. The summed E-state index contributed by atoms with van der Waals surface area (Å²) in [6.07, 6.45) is 1.83. The first kappa shape index (κ1) is 26.4. The number of para-hydroxylation sites is 2. The van der Waals surface area contributed by atoms with Gasteiger partial charge in [-0.1, -0.05) is 46.9 Å². The highest BCUT2D eigenvalue weighted by Crippen LogP contribution is 2.37. The van der Waals surface area contributed by atoms with E-state index < -0.39 is 6.09 Å². The maximum atomic E-state index is 12.2. The molecule has 10 heteroatoms. The van der Waals surface area contributed by atoms with Crippen molar-refractivity contribution < 1.29 is 14.3 Å². The van der Waals surface area contributed by atoms with Crippen molar-refractivity contribution in [3.05, 3.63) is 69.8 Å². The lowest BCUT2D eigenvalue weighted by Crippen LogP contribution is -2.47. The van der Waals surface area contributed by atoms with E-state index in [2.05, 4.69) is 26.2 Å². The molecule has 0 spiro atoms. The van der Waals surface area contributed by atoms with Crippen LogP contribution in [0.5, 0.6) is 11.6 Å². The van der Waals surface area contributed by atoms with Crippen molar-refractivity contribution in [2.75, 3.05) is 51.3 Å². The molecule has 190 valence electrons. The van der Waals surface area contributed by atoms with Gasteiger partial charge in [0, 0.05) is 61.1 Å². The van der Waals surface area contributed by atoms with E-state index in [-0.39, 0.29) is 5.88 Å². The number of halogens is 3. The Bertz CT molecular complexity index is 1160. The topological polar surface area (TPSA) is 66.9 Å². The van der Waals surface area contributed by atoms with Gasteiger partial charge in [0.05, 0.1) is 22.8 Å². The van der Waals surface area contributed by atoms with Gasteiger partial charge in [0.1, 0.15) is 5.75 Å². The van der Waals surface area contributed by atoms with Crippen LogP contribution in [-0.4, -0.2) is 62.4 Å². The molecular formula is C26H27Cl3N4O3. The third-order valence-corrected chi connectivity index (χ3v) is 6.76. The molecule has 0 bridgehead atoms. The molecule has 0 aliphatic carbocycles. The summed E-state index contributed by atoms with van der Waals surface area (Å²) >= 11 is 18.5. The van der Waals surface area contributed by atoms with Gasteiger partial charge in [0.15, 0.2) is 0 Å². The van der Waals surface area contributed by atoms with Crippen molar-refractivity contribution in [3.8, 4) is 22.8 Å². The van der Waals surface area contributed by atoms with Crippen LogP contribution in [0, 0.1) is 0 Å². The average Bonchev–Trinajstić information content (AvgIpc) is 2.87. The molecule has 36 heavy (non-hydrogen) atoms. The van der Waals surface area contributed by atoms with Gasteiger partial charge in [-0.15, -0.1) is 0 Å². The summed E-state index contributed by atoms with van der Waals surface area (Å²) in [5.74, 6) is 1.08. The third kappa shape index (κ3) is 6.73. The molecule has 1 aliphatic heterocycles. The minimum absolute atomic E-state index is 0.185. The largest absolute Gasteiger partial charge is 0.495 e. The molecule has 1 aliphatic rings. The van der Waals surface area contributed by atoms with Crippen LogP contribution in [0.2, 0.25) is 15.1 Å². The van der Waals surface area contributed by atoms with Gasteiger partial charge in [-0.25, -0.2) is 9.78 Å². The molecule has 4 rings (SSSR count).